The van der Waals surface area contributed by atoms with Crippen molar-refractivity contribution in [3.8, 4) is 0 Å². The summed E-state index contributed by atoms with van der Waals surface area (Å²) in [5, 5.41) is 4.54. The lowest BCUT2D eigenvalue weighted by Gasteiger charge is -2.29. The molecule has 1 aliphatic carbocycles. The summed E-state index contributed by atoms with van der Waals surface area (Å²) in [6.07, 6.45) is 5.86. The number of alkyl halides is 1. The normalized spacial score (nSPS) is 19.9. The molecule has 2 heterocycles. The number of hydrogen-bond donors (Lipinski definition) is 0. The molecule has 2 aromatic heterocycles. The van der Waals surface area contributed by atoms with E-state index < -0.39 is 0 Å². The van der Waals surface area contributed by atoms with Crippen molar-refractivity contribution in [3.63, 3.8) is 0 Å². The average molecular weight is 295 g/mol. The summed E-state index contributed by atoms with van der Waals surface area (Å²) in [6.45, 7) is 6.47. The van der Waals surface area contributed by atoms with Gasteiger partial charge >= 0.3 is 0 Å². The van der Waals surface area contributed by atoms with Gasteiger partial charge in [-0.15, -0.1) is 11.6 Å². The van der Waals surface area contributed by atoms with Crippen LogP contribution in [0.3, 0.4) is 0 Å². The van der Waals surface area contributed by atoms with Crippen LogP contribution >= 0.6 is 11.6 Å². The highest BCUT2D eigenvalue weighted by molar-refractivity contribution is 6.20. The third-order valence-electron chi connectivity index (χ3n) is 4.64. The minimum absolute atomic E-state index is 0.0791. The Kier molecular flexibility index (Phi) is 3.32. The molecule has 0 bridgehead atoms. The van der Waals surface area contributed by atoms with Crippen molar-refractivity contribution in [3.05, 3.63) is 11.5 Å². The van der Waals surface area contributed by atoms with E-state index in [2.05, 4.69) is 23.5 Å². The summed E-state index contributed by atoms with van der Waals surface area (Å²) in [7, 11) is 2.01. The van der Waals surface area contributed by atoms with Crippen LogP contribution < -0.4 is 0 Å². The van der Waals surface area contributed by atoms with E-state index in [1.807, 2.05) is 18.7 Å². The van der Waals surface area contributed by atoms with E-state index in [1.165, 1.54) is 25.7 Å². The number of halogens is 1. The van der Waals surface area contributed by atoms with E-state index >= 15 is 0 Å². The van der Waals surface area contributed by atoms with Crippen LogP contribution in [0.1, 0.15) is 63.3 Å². The molecule has 3 rings (SSSR count). The van der Waals surface area contributed by atoms with Crippen LogP contribution in [0.4, 0.5) is 0 Å². The predicted molar refractivity (Wildman–Crippen MR) is 82.3 cm³/mol. The minimum atomic E-state index is -0.0791. The van der Waals surface area contributed by atoms with Gasteiger partial charge in [-0.1, -0.05) is 19.8 Å². The molecule has 1 aliphatic rings. The second-order valence-corrected chi connectivity index (χ2v) is 6.88. The maximum atomic E-state index is 6.41. The molecule has 0 saturated heterocycles. The lowest BCUT2D eigenvalue weighted by molar-refractivity contribution is 0.323. The lowest BCUT2D eigenvalue weighted by Crippen LogP contribution is -2.29. The second kappa shape index (κ2) is 4.76. The Morgan fingerprint density at radius 1 is 1.35 bits per heavy atom. The molecule has 0 radical (unpaired) electrons. The zero-order valence-corrected chi connectivity index (χ0v) is 13.5. The fraction of sp³-hybridized carbons (Fsp3) is 0.733. The third-order valence-corrected chi connectivity index (χ3v) is 4.84. The van der Waals surface area contributed by atoms with E-state index in [4.69, 9.17) is 16.6 Å². The zero-order chi connectivity index (χ0) is 14.5. The highest BCUT2D eigenvalue weighted by Crippen LogP contribution is 2.41. The largest absolute Gasteiger partial charge is 0.306 e. The van der Waals surface area contributed by atoms with Gasteiger partial charge in [0.1, 0.15) is 11.3 Å². The first-order valence-electron chi connectivity index (χ1n) is 7.56. The predicted octanol–water partition coefficient (Wildman–Crippen LogP) is 3.92. The lowest BCUT2D eigenvalue weighted by atomic mass is 10.00. The van der Waals surface area contributed by atoms with Crippen LogP contribution in [0, 0.1) is 0 Å². The summed E-state index contributed by atoms with van der Waals surface area (Å²) in [5.74, 6) is 0.994. The Hall–Kier alpha value is -1.03. The number of nitrogens with zero attached hydrogens (tertiary/aromatic N) is 4. The second-order valence-electron chi connectivity index (χ2n) is 6.22. The number of fused-ring (bicyclic) bond motifs is 1. The SMILES string of the molecule is CCc1nn(C)c2c1nc(C(C)Cl)n2C1(C)CCCC1. The first-order valence-corrected chi connectivity index (χ1v) is 8.00. The minimum Gasteiger partial charge on any atom is -0.306 e. The molecule has 0 amide bonds. The molecule has 1 fully saturated rings. The van der Waals surface area contributed by atoms with Crippen LogP contribution in [0.5, 0.6) is 0 Å². The molecule has 1 unspecified atom stereocenters. The average Bonchev–Trinajstić information content (AvgIpc) is 3.05. The molecular formula is C15H23ClN4. The molecule has 0 spiro atoms. The number of aromatic nitrogens is 4. The number of rotatable bonds is 3. The van der Waals surface area contributed by atoms with Crippen molar-refractivity contribution in [1.29, 1.82) is 0 Å². The van der Waals surface area contributed by atoms with Gasteiger partial charge in [-0.05, 0) is 33.1 Å². The molecule has 5 heteroatoms. The molecule has 0 aromatic carbocycles. The summed E-state index contributed by atoms with van der Waals surface area (Å²) in [4.78, 5) is 4.84. The Labute approximate surface area is 125 Å². The molecule has 2 aromatic rings. The molecule has 0 N–H and O–H groups in total. The number of imidazole rings is 1. The molecule has 4 nitrogen and oxygen atoms in total. The highest BCUT2D eigenvalue weighted by Gasteiger charge is 2.36. The van der Waals surface area contributed by atoms with Crippen molar-refractivity contribution in [2.75, 3.05) is 0 Å². The van der Waals surface area contributed by atoms with Crippen molar-refractivity contribution in [1.82, 2.24) is 19.3 Å². The van der Waals surface area contributed by atoms with E-state index in [9.17, 15) is 0 Å². The van der Waals surface area contributed by atoms with Crippen LogP contribution in [0.2, 0.25) is 0 Å². The van der Waals surface area contributed by atoms with E-state index in [1.54, 1.807) is 0 Å². The Morgan fingerprint density at radius 3 is 2.55 bits per heavy atom. The van der Waals surface area contributed by atoms with Gasteiger partial charge in [-0.3, -0.25) is 4.68 Å². The number of hydrogen-bond acceptors (Lipinski definition) is 2. The maximum absolute atomic E-state index is 6.41. The summed E-state index contributed by atoms with van der Waals surface area (Å²) in [5.41, 5.74) is 3.37. The summed E-state index contributed by atoms with van der Waals surface area (Å²) in [6, 6.07) is 0. The first-order chi connectivity index (χ1) is 9.48. The van der Waals surface area contributed by atoms with Gasteiger partial charge in [0, 0.05) is 12.6 Å². The van der Waals surface area contributed by atoms with Crippen molar-refractivity contribution < 1.29 is 0 Å². The van der Waals surface area contributed by atoms with Crippen molar-refractivity contribution >= 4 is 22.8 Å². The van der Waals surface area contributed by atoms with Crippen LogP contribution in [-0.4, -0.2) is 19.3 Å². The van der Waals surface area contributed by atoms with E-state index in [0.29, 0.717) is 0 Å². The van der Waals surface area contributed by atoms with Gasteiger partial charge < -0.3 is 4.57 Å². The maximum Gasteiger partial charge on any atom is 0.159 e. The number of aryl methyl sites for hydroxylation is 2. The van der Waals surface area contributed by atoms with Crippen LogP contribution in [-0.2, 0) is 19.0 Å². The molecule has 1 saturated carbocycles. The fourth-order valence-electron chi connectivity index (χ4n) is 3.59. The van der Waals surface area contributed by atoms with Gasteiger partial charge in [0.15, 0.2) is 5.65 Å². The van der Waals surface area contributed by atoms with Crippen LogP contribution in [0.15, 0.2) is 0 Å². The van der Waals surface area contributed by atoms with Crippen molar-refractivity contribution in [2.24, 2.45) is 7.05 Å². The molecule has 20 heavy (non-hydrogen) atoms. The quantitative estimate of drug-likeness (QED) is 0.804. The first kappa shape index (κ1) is 13.9. The molecule has 0 aliphatic heterocycles. The highest BCUT2D eigenvalue weighted by atomic mass is 35.5. The van der Waals surface area contributed by atoms with Gasteiger partial charge in [-0.25, -0.2) is 4.98 Å². The van der Waals surface area contributed by atoms with Gasteiger partial charge in [0.05, 0.1) is 11.1 Å². The monoisotopic (exact) mass is 294 g/mol. The third kappa shape index (κ3) is 1.88. The Bertz CT molecular complexity index is 632. The zero-order valence-electron chi connectivity index (χ0n) is 12.8. The smallest absolute Gasteiger partial charge is 0.159 e. The topological polar surface area (TPSA) is 35.6 Å². The summed E-state index contributed by atoms with van der Waals surface area (Å²) >= 11 is 6.41. The standard InChI is InChI=1S/C15H23ClN4/c1-5-11-12-14(19(4)18-11)20(13(17-12)10(2)16)15(3)8-6-7-9-15/h10H,5-9H2,1-4H3. The van der Waals surface area contributed by atoms with Gasteiger partial charge in [0.2, 0.25) is 0 Å². The summed E-state index contributed by atoms with van der Waals surface area (Å²) < 4.78 is 4.35. The van der Waals surface area contributed by atoms with Gasteiger partial charge in [0.25, 0.3) is 0 Å². The van der Waals surface area contributed by atoms with E-state index in [0.717, 1.165) is 29.1 Å². The fourth-order valence-corrected chi connectivity index (χ4v) is 3.74. The van der Waals surface area contributed by atoms with Crippen LogP contribution in [0.25, 0.3) is 11.2 Å². The molecular weight excluding hydrogens is 272 g/mol. The Balaban J connectivity index is 2.32. The van der Waals surface area contributed by atoms with E-state index in [-0.39, 0.29) is 10.9 Å². The molecule has 1 atom stereocenters. The van der Waals surface area contributed by atoms with Crippen molar-refractivity contribution in [2.45, 2.75) is 63.8 Å². The Morgan fingerprint density at radius 2 is 2.00 bits per heavy atom. The molecule has 110 valence electrons. The van der Waals surface area contributed by atoms with Gasteiger partial charge in [-0.2, -0.15) is 5.10 Å².